The number of amides is 1. The normalized spacial score (nSPS) is 16.4. The lowest BCUT2D eigenvalue weighted by Crippen LogP contribution is -2.43. The lowest BCUT2D eigenvalue weighted by molar-refractivity contribution is -0.119. The summed E-state index contributed by atoms with van der Waals surface area (Å²) in [6, 6.07) is 20.7. The molecule has 1 saturated heterocycles. The Kier molecular flexibility index (Phi) is 6.27. The van der Waals surface area contributed by atoms with Gasteiger partial charge in [0.15, 0.2) is 0 Å². The highest BCUT2D eigenvalue weighted by Gasteiger charge is 2.39. The molecule has 9 heteroatoms. The molecule has 1 aliphatic heterocycles. The van der Waals surface area contributed by atoms with E-state index in [4.69, 9.17) is 4.74 Å². The van der Waals surface area contributed by atoms with Gasteiger partial charge in [0.05, 0.1) is 22.5 Å². The zero-order valence-electron chi connectivity index (χ0n) is 19.3. The van der Waals surface area contributed by atoms with Crippen LogP contribution in [0.2, 0.25) is 0 Å². The van der Waals surface area contributed by atoms with Crippen LogP contribution in [0.3, 0.4) is 0 Å². The van der Waals surface area contributed by atoms with Gasteiger partial charge in [0.2, 0.25) is 15.9 Å². The van der Waals surface area contributed by atoms with Crippen molar-refractivity contribution >= 4 is 32.7 Å². The number of carbonyl (C=O) groups is 1. The standard InChI is InChI=1S/C26H26N4O4S/c1-2-34-20-12-10-19(11-13-20)27-26(31)24-9-6-16-30(24)35(32,33)21-14-15-22-23(17-21)29-25(28-22)18-7-4-3-5-8-18/h3-5,7-8,10-15,17,24H,2,6,9,16H2,1H3,(H,27,31)(H,28,29)/t24-/m1/s1. The van der Waals surface area contributed by atoms with Gasteiger partial charge in [-0.25, -0.2) is 13.4 Å². The molecule has 0 aliphatic carbocycles. The number of H-pyrrole nitrogens is 1. The van der Waals surface area contributed by atoms with Crippen LogP contribution in [0.5, 0.6) is 5.75 Å². The van der Waals surface area contributed by atoms with E-state index in [-0.39, 0.29) is 10.8 Å². The van der Waals surface area contributed by atoms with Crippen molar-refractivity contribution < 1.29 is 17.9 Å². The lowest BCUT2D eigenvalue weighted by atomic mass is 10.2. The first-order chi connectivity index (χ1) is 17.0. The number of hydrogen-bond acceptors (Lipinski definition) is 5. The summed E-state index contributed by atoms with van der Waals surface area (Å²) >= 11 is 0. The molecule has 35 heavy (non-hydrogen) atoms. The second-order valence-electron chi connectivity index (χ2n) is 8.35. The van der Waals surface area contributed by atoms with Gasteiger partial charge in [0.25, 0.3) is 0 Å². The summed E-state index contributed by atoms with van der Waals surface area (Å²) in [5.41, 5.74) is 2.81. The number of benzene rings is 3. The first-order valence-corrected chi connectivity index (χ1v) is 13.0. The number of rotatable bonds is 7. The Labute approximate surface area is 204 Å². The molecule has 4 aromatic rings. The van der Waals surface area contributed by atoms with Crippen LogP contribution in [0.4, 0.5) is 5.69 Å². The molecule has 1 atom stereocenters. The Hall–Kier alpha value is -3.69. The Morgan fingerprint density at radius 2 is 1.89 bits per heavy atom. The molecule has 0 saturated carbocycles. The van der Waals surface area contributed by atoms with Gasteiger partial charge in [-0.2, -0.15) is 4.31 Å². The van der Waals surface area contributed by atoms with Gasteiger partial charge in [-0.05, 0) is 62.2 Å². The molecule has 1 aliphatic rings. The molecule has 1 aromatic heterocycles. The average Bonchev–Trinajstić information content (AvgIpc) is 3.53. The molecule has 0 spiro atoms. The predicted molar refractivity (Wildman–Crippen MR) is 135 cm³/mol. The molecular formula is C26H26N4O4S. The monoisotopic (exact) mass is 490 g/mol. The predicted octanol–water partition coefficient (Wildman–Crippen LogP) is 4.42. The molecule has 8 nitrogen and oxygen atoms in total. The molecule has 0 unspecified atom stereocenters. The van der Waals surface area contributed by atoms with Crippen molar-refractivity contribution in [2.75, 3.05) is 18.5 Å². The van der Waals surface area contributed by atoms with Gasteiger partial charge in [-0.3, -0.25) is 4.79 Å². The molecule has 1 fully saturated rings. The number of aromatic nitrogens is 2. The summed E-state index contributed by atoms with van der Waals surface area (Å²) in [6.45, 7) is 2.75. The molecule has 0 radical (unpaired) electrons. The maximum absolute atomic E-state index is 13.5. The molecule has 2 heterocycles. The molecule has 3 aromatic carbocycles. The number of fused-ring (bicyclic) bond motifs is 1. The smallest absolute Gasteiger partial charge is 0.243 e. The third-order valence-electron chi connectivity index (χ3n) is 6.05. The number of nitrogens with one attached hydrogen (secondary N) is 2. The SMILES string of the molecule is CCOc1ccc(NC(=O)[C@H]2CCCN2S(=O)(=O)c2ccc3nc(-c4ccccc4)[nH]c3c2)cc1. The molecule has 1 amide bonds. The van der Waals surface area contributed by atoms with E-state index in [0.29, 0.717) is 54.3 Å². The van der Waals surface area contributed by atoms with E-state index in [9.17, 15) is 13.2 Å². The Morgan fingerprint density at radius 1 is 1.11 bits per heavy atom. The van der Waals surface area contributed by atoms with Crippen molar-refractivity contribution in [2.24, 2.45) is 0 Å². The summed E-state index contributed by atoms with van der Waals surface area (Å²) in [6.07, 6.45) is 1.08. The summed E-state index contributed by atoms with van der Waals surface area (Å²) in [7, 11) is -3.88. The Bertz CT molecular complexity index is 1450. The highest BCUT2D eigenvalue weighted by molar-refractivity contribution is 7.89. The number of nitrogens with zero attached hydrogens (tertiary/aromatic N) is 2. The largest absolute Gasteiger partial charge is 0.494 e. The van der Waals surface area contributed by atoms with Crippen molar-refractivity contribution in [1.29, 1.82) is 0 Å². The van der Waals surface area contributed by atoms with E-state index in [1.807, 2.05) is 37.3 Å². The Morgan fingerprint density at radius 3 is 2.63 bits per heavy atom. The van der Waals surface area contributed by atoms with E-state index in [1.165, 1.54) is 4.31 Å². The summed E-state index contributed by atoms with van der Waals surface area (Å²) in [5, 5.41) is 2.84. The van der Waals surface area contributed by atoms with Crippen LogP contribution < -0.4 is 10.1 Å². The maximum atomic E-state index is 13.5. The van der Waals surface area contributed by atoms with Gasteiger partial charge in [0, 0.05) is 17.8 Å². The molecule has 2 N–H and O–H groups in total. The topological polar surface area (TPSA) is 104 Å². The number of aromatic amines is 1. The fraction of sp³-hybridized carbons (Fsp3) is 0.231. The number of anilines is 1. The Balaban J connectivity index is 1.37. The van der Waals surface area contributed by atoms with E-state index in [2.05, 4.69) is 15.3 Å². The van der Waals surface area contributed by atoms with E-state index >= 15 is 0 Å². The molecule has 0 bridgehead atoms. The minimum atomic E-state index is -3.88. The lowest BCUT2D eigenvalue weighted by Gasteiger charge is -2.23. The van der Waals surface area contributed by atoms with Gasteiger partial charge < -0.3 is 15.0 Å². The number of ether oxygens (including phenoxy) is 1. The second-order valence-corrected chi connectivity index (χ2v) is 10.2. The van der Waals surface area contributed by atoms with Crippen molar-refractivity contribution in [1.82, 2.24) is 14.3 Å². The first kappa shape index (κ1) is 23.1. The van der Waals surface area contributed by atoms with Crippen LogP contribution in [0.1, 0.15) is 19.8 Å². The highest BCUT2D eigenvalue weighted by Crippen LogP contribution is 2.29. The third kappa shape index (κ3) is 4.65. The highest BCUT2D eigenvalue weighted by atomic mass is 32.2. The van der Waals surface area contributed by atoms with E-state index in [0.717, 1.165) is 5.56 Å². The maximum Gasteiger partial charge on any atom is 0.243 e. The number of carbonyl (C=O) groups excluding carboxylic acids is 1. The zero-order valence-corrected chi connectivity index (χ0v) is 20.1. The van der Waals surface area contributed by atoms with Gasteiger partial charge in [0.1, 0.15) is 17.6 Å². The molecular weight excluding hydrogens is 464 g/mol. The quantitative estimate of drug-likeness (QED) is 0.399. The number of hydrogen-bond donors (Lipinski definition) is 2. The van der Waals surface area contributed by atoms with Crippen LogP contribution in [-0.4, -0.2) is 47.8 Å². The minimum Gasteiger partial charge on any atom is -0.494 e. The number of imidazole rings is 1. The van der Waals surface area contributed by atoms with Crippen LogP contribution in [0, 0.1) is 0 Å². The summed E-state index contributed by atoms with van der Waals surface area (Å²) in [5.74, 6) is 1.04. The van der Waals surface area contributed by atoms with Crippen molar-refractivity contribution in [3.05, 3.63) is 72.8 Å². The van der Waals surface area contributed by atoms with Crippen LogP contribution in [0.15, 0.2) is 77.7 Å². The van der Waals surface area contributed by atoms with E-state index < -0.39 is 16.1 Å². The van der Waals surface area contributed by atoms with Gasteiger partial charge >= 0.3 is 0 Å². The van der Waals surface area contributed by atoms with Gasteiger partial charge in [-0.1, -0.05) is 30.3 Å². The third-order valence-corrected chi connectivity index (χ3v) is 7.95. The second kappa shape index (κ2) is 9.52. The van der Waals surface area contributed by atoms with Crippen molar-refractivity contribution in [2.45, 2.75) is 30.7 Å². The van der Waals surface area contributed by atoms with E-state index in [1.54, 1.807) is 42.5 Å². The van der Waals surface area contributed by atoms with Crippen molar-refractivity contribution in [3.8, 4) is 17.1 Å². The first-order valence-electron chi connectivity index (χ1n) is 11.6. The van der Waals surface area contributed by atoms with Crippen molar-refractivity contribution in [3.63, 3.8) is 0 Å². The molecule has 5 rings (SSSR count). The molecule has 180 valence electrons. The van der Waals surface area contributed by atoms with Crippen LogP contribution >= 0.6 is 0 Å². The van der Waals surface area contributed by atoms with Gasteiger partial charge in [-0.15, -0.1) is 0 Å². The summed E-state index contributed by atoms with van der Waals surface area (Å²) < 4.78 is 33.8. The summed E-state index contributed by atoms with van der Waals surface area (Å²) in [4.78, 5) is 20.9. The fourth-order valence-electron chi connectivity index (χ4n) is 4.33. The minimum absolute atomic E-state index is 0.133. The van der Waals surface area contributed by atoms with Crippen LogP contribution in [-0.2, 0) is 14.8 Å². The fourth-order valence-corrected chi connectivity index (χ4v) is 6.02. The zero-order chi connectivity index (χ0) is 24.4. The van der Waals surface area contributed by atoms with Crippen LogP contribution in [0.25, 0.3) is 22.4 Å². The number of sulfonamides is 1. The average molecular weight is 491 g/mol.